The van der Waals surface area contributed by atoms with Crippen molar-refractivity contribution < 1.29 is 28.7 Å². The lowest BCUT2D eigenvalue weighted by atomic mass is 10.2. The number of hydrogen-bond donors (Lipinski definition) is 2. The fourth-order valence-electron chi connectivity index (χ4n) is 2.44. The fourth-order valence-corrected chi connectivity index (χ4v) is 2.44. The maximum atomic E-state index is 11.9. The van der Waals surface area contributed by atoms with E-state index >= 15 is 0 Å². The van der Waals surface area contributed by atoms with Gasteiger partial charge in [-0.15, -0.1) is 0 Å². The molecular weight excluding hydrogens is 320 g/mol. The summed E-state index contributed by atoms with van der Waals surface area (Å²) < 4.78 is 9.67. The molecule has 0 bridgehead atoms. The summed E-state index contributed by atoms with van der Waals surface area (Å²) in [5.74, 6) is -0.619. The molecule has 10 heteroatoms. The monoisotopic (exact) mass is 344 g/mol. The molecule has 0 radical (unpaired) electrons. The van der Waals surface area contributed by atoms with E-state index < -0.39 is 24.5 Å². The number of ether oxygens (including phenoxy) is 2. The van der Waals surface area contributed by atoms with Gasteiger partial charge in [0.25, 0.3) is 0 Å². The van der Waals surface area contributed by atoms with Crippen molar-refractivity contribution in [2.45, 2.75) is 40.0 Å². The Bertz CT molecular complexity index is 454. The van der Waals surface area contributed by atoms with Crippen LogP contribution < -0.4 is 10.6 Å². The lowest BCUT2D eigenvalue weighted by molar-refractivity contribution is -0.147. The van der Waals surface area contributed by atoms with Gasteiger partial charge in [-0.25, -0.2) is 9.59 Å². The molecule has 0 aliphatic carbocycles. The largest absolute Gasteiger partial charge is 0.450 e. The molecule has 0 saturated carbocycles. The molecule has 1 rings (SSSR count). The lowest BCUT2D eigenvalue weighted by Crippen LogP contribution is -2.72. The van der Waals surface area contributed by atoms with E-state index in [2.05, 4.69) is 10.6 Å². The first-order chi connectivity index (χ1) is 11.3. The van der Waals surface area contributed by atoms with Gasteiger partial charge in [0.05, 0.1) is 13.2 Å². The van der Waals surface area contributed by atoms with Crippen LogP contribution in [-0.2, 0) is 19.1 Å². The molecule has 2 atom stereocenters. The Morgan fingerprint density at radius 1 is 0.833 bits per heavy atom. The maximum absolute atomic E-state index is 11.9. The molecule has 1 aliphatic heterocycles. The van der Waals surface area contributed by atoms with Crippen molar-refractivity contribution in [3.8, 4) is 0 Å². The summed E-state index contributed by atoms with van der Waals surface area (Å²) >= 11 is 0. The highest BCUT2D eigenvalue weighted by Crippen LogP contribution is 2.15. The van der Waals surface area contributed by atoms with Gasteiger partial charge in [-0.3, -0.25) is 20.2 Å². The third-order valence-electron chi connectivity index (χ3n) is 3.44. The molecule has 0 aromatic rings. The van der Waals surface area contributed by atoms with E-state index in [1.165, 1.54) is 23.6 Å². The first-order valence-electron chi connectivity index (χ1n) is 7.72. The van der Waals surface area contributed by atoms with Crippen LogP contribution in [0.25, 0.3) is 0 Å². The number of carbonyl (C=O) groups excluding carboxylic acids is 4. The van der Waals surface area contributed by atoms with Gasteiger partial charge in [-0.1, -0.05) is 0 Å². The third kappa shape index (κ3) is 5.00. The third-order valence-corrected chi connectivity index (χ3v) is 3.44. The second-order valence-electron chi connectivity index (χ2n) is 5.04. The zero-order chi connectivity index (χ0) is 18.3. The highest BCUT2D eigenvalue weighted by atomic mass is 16.6. The van der Waals surface area contributed by atoms with Crippen LogP contribution in [0, 0.1) is 0 Å². The Labute approximate surface area is 140 Å². The average Bonchev–Trinajstić information content (AvgIpc) is 2.48. The predicted molar refractivity (Wildman–Crippen MR) is 82.7 cm³/mol. The quantitative estimate of drug-likeness (QED) is 0.732. The van der Waals surface area contributed by atoms with Crippen LogP contribution in [0.1, 0.15) is 27.7 Å². The molecule has 0 spiro atoms. The Morgan fingerprint density at radius 3 is 1.42 bits per heavy atom. The molecule has 24 heavy (non-hydrogen) atoms. The standard InChI is InChI=1S/C14H24N4O6/c1-5-23-13(21)15-11-12(16-14(22)24-6-2)18(10(4)20)8-7-17(11)9(3)19/h11-12H,5-8H2,1-4H3,(H,15,21)(H,16,22). The van der Waals surface area contributed by atoms with Crippen molar-refractivity contribution in [2.75, 3.05) is 26.3 Å². The first kappa shape index (κ1) is 19.5. The smallest absolute Gasteiger partial charge is 0.408 e. The van der Waals surface area contributed by atoms with E-state index in [0.29, 0.717) is 0 Å². The van der Waals surface area contributed by atoms with Crippen molar-refractivity contribution in [3.05, 3.63) is 0 Å². The van der Waals surface area contributed by atoms with Gasteiger partial charge < -0.3 is 19.3 Å². The van der Waals surface area contributed by atoms with Crippen LogP contribution in [0.4, 0.5) is 9.59 Å². The molecule has 2 N–H and O–H groups in total. The lowest BCUT2D eigenvalue weighted by Gasteiger charge is -2.46. The fraction of sp³-hybridized carbons (Fsp3) is 0.714. The molecule has 1 heterocycles. The normalized spacial score (nSPS) is 20.2. The molecule has 2 unspecified atom stereocenters. The molecule has 0 aromatic carbocycles. The summed E-state index contributed by atoms with van der Waals surface area (Å²) in [7, 11) is 0. The Morgan fingerprint density at radius 2 is 1.17 bits per heavy atom. The van der Waals surface area contributed by atoms with Gasteiger partial charge in [0, 0.05) is 26.9 Å². The van der Waals surface area contributed by atoms with E-state index in [4.69, 9.17) is 9.47 Å². The van der Waals surface area contributed by atoms with Gasteiger partial charge in [-0.05, 0) is 13.8 Å². The number of carbonyl (C=O) groups is 4. The van der Waals surface area contributed by atoms with Crippen LogP contribution in [0.5, 0.6) is 0 Å². The highest BCUT2D eigenvalue weighted by molar-refractivity contribution is 5.78. The zero-order valence-corrected chi connectivity index (χ0v) is 14.3. The van der Waals surface area contributed by atoms with Crippen molar-refractivity contribution in [1.82, 2.24) is 20.4 Å². The Balaban J connectivity index is 3.08. The van der Waals surface area contributed by atoms with Crippen LogP contribution >= 0.6 is 0 Å². The Hall–Kier alpha value is -2.52. The van der Waals surface area contributed by atoms with Gasteiger partial charge in [0.15, 0.2) is 0 Å². The summed E-state index contributed by atoms with van der Waals surface area (Å²) in [6.45, 7) is 6.67. The minimum atomic E-state index is -0.969. The number of alkyl carbamates (subject to hydrolysis) is 2. The summed E-state index contributed by atoms with van der Waals surface area (Å²) in [5, 5.41) is 5.03. The molecular formula is C14H24N4O6. The molecule has 1 aliphatic rings. The number of nitrogens with one attached hydrogen (secondary N) is 2. The van der Waals surface area contributed by atoms with Crippen molar-refractivity contribution in [2.24, 2.45) is 0 Å². The molecule has 136 valence electrons. The van der Waals surface area contributed by atoms with E-state index in [1.54, 1.807) is 13.8 Å². The van der Waals surface area contributed by atoms with Gasteiger partial charge in [0.2, 0.25) is 11.8 Å². The summed E-state index contributed by atoms with van der Waals surface area (Å²) in [6, 6.07) is 0. The van der Waals surface area contributed by atoms with E-state index in [0.717, 1.165) is 0 Å². The average molecular weight is 344 g/mol. The second-order valence-corrected chi connectivity index (χ2v) is 5.04. The predicted octanol–water partition coefficient (Wildman–Crippen LogP) is -0.159. The molecule has 1 saturated heterocycles. The van der Waals surface area contributed by atoms with E-state index in [-0.39, 0.29) is 38.1 Å². The minimum absolute atomic E-state index is 0.144. The van der Waals surface area contributed by atoms with Crippen LogP contribution in [-0.4, -0.2) is 72.4 Å². The van der Waals surface area contributed by atoms with Crippen molar-refractivity contribution in [1.29, 1.82) is 0 Å². The Kier molecular flexibility index (Phi) is 7.28. The maximum Gasteiger partial charge on any atom is 0.408 e. The zero-order valence-electron chi connectivity index (χ0n) is 14.3. The molecule has 10 nitrogen and oxygen atoms in total. The van der Waals surface area contributed by atoms with Gasteiger partial charge >= 0.3 is 12.2 Å². The summed E-state index contributed by atoms with van der Waals surface area (Å²) in [5.41, 5.74) is 0. The molecule has 1 fully saturated rings. The number of piperazine rings is 1. The van der Waals surface area contributed by atoms with Crippen molar-refractivity contribution >= 4 is 24.0 Å². The molecule has 0 aromatic heterocycles. The number of rotatable bonds is 4. The first-order valence-corrected chi connectivity index (χ1v) is 7.72. The van der Waals surface area contributed by atoms with Gasteiger partial charge in [-0.2, -0.15) is 0 Å². The van der Waals surface area contributed by atoms with Crippen LogP contribution in [0.2, 0.25) is 0 Å². The van der Waals surface area contributed by atoms with Crippen LogP contribution in [0.15, 0.2) is 0 Å². The number of hydrogen-bond acceptors (Lipinski definition) is 6. The molecule has 4 amide bonds. The minimum Gasteiger partial charge on any atom is -0.450 e. The highest BCUT2D eigenvalue weighted by Gasteiger charge is 2.41. The number of amides is 4. The summed E-state index contributed by atoms with van der Waals surface area (Å²) in [6.07, 6.45) is -3.45. The summed E-state index contributed by atoms with van der Waals surface area (Å²) in [4.78, 5) is 50.0. The van der Waals surface area contributed by atoms with E-state index in [1.807, 2.05) is 0 Å². The van der Waals surface area contributed by atoms with Crippen molar-refractivity contribution in [3.63, 3.8) is 0 Å². The number of nitrogens with zero attached hydrogens (tertiary/aromatic N) is 2. The van der Waals surface area contributed by atoms with Gasteiger partial charge in [0.1, 0.15) is 12.3 Å². The van der Waals surface area contributed by atoms with E-state index in [9.17, 15) is 19.2 Å². The topological polar surface area (TPSA) is 117 Å². The van der Waals surface area contributed by atoms with Crippen LogP contribution in [0.3, 0.4) is 0 Å². The second kappa shape index (κ2) is 8.94. The SMILES string of the molecule is CCOC(=O)NC1C(NC(=O)OCC)N(C(C)=O)CCN1C(C)=O.